The number of hydrogen-bond donors (Lipinski definition) is 2. The van der Waals surface area contributed by atoms with Gasteiger partial charge in [0.2, 0.25) is 0 Å². The van der Waals surface area contributed by atoms with Gasteiger partial charge >= 0.3 is 6.03 Å². The molecule has 12 heavy (non-hydrogen) atoms. The van der Waals surface area contributed by atoms with Gasteiger partial charge in [-0.15, -0.1) is 0 Å². The molecule has 3 nitrogen and oxygen atoms in total. The molecule has 0 bridgehead atoms. The molecule has 70 valence electrons. The highest BCUT2D eigenvalue weighted by Gasteiger charge is 2.27. The molecule has 3 heteroatoms. The molecular formula is C9H18N2O. The first-order valence-electron chi connectivity index (χ1n) is 4.67. The molecule has 0 unspecified atom stereocenters. The van der Waals surface area contributed by atoms with Crippen molar-refractivity contribution in [3.63, 3.8) is 0 Å². The summed E-state index contributed by atoms with van der Waals surface area (Å²) in [5, 5.41) is 2.80. The summed E-state index contributed by atoms with van der Waals surface area (Å²) >= 11 is 0. The second kappa shape index (κ2) is 3.78. The van der Waals surface area contributed by atoms with Crippen LogP contribution in [0, 0.1) is 11.8 Å². The van der Waals surface area contributed by atoms with Gasteiger partial charge in [0.1, 0.15) is 0 Å². The SMILES string of the molecule is C[C@H]1[C@H](C)CCC[C@@H]1NC(N)=O. The predicted octanol–water partition coefficient (Wildman–Crippen LogP) is 1.48. The Hall–Kier alpha value is -0.730. The van der Waals surface area contributed by atoms with Gasteiger partial charge in [-0.05, 0) is 18.3 Å². The largest absolute Gasteiger partial charge is 0.352 e. The zero-order valence-electron chi connectivity index (χ0n) is 7.84. The lowest BCUT2D eigenvalue weighted by Gasteiger charge is -2.34. The molecule has 3 N–H and O–H groups in total. The molecule has 2 amide bonds. The second-order valence-corrected chi connectivity index (χ2v) is 3.88. The van der Waals surface area contributed by atoms with E-state index in [1.165, 1.54) is 12.8 Å². The first kappa shape index (κ1) is 9.36. The normalized spacial score (nSPS) is 36.0. The van der Waals surface area contributed by atoms with Gasteiger partial charge in [0, 0.05) is 6.04 Å². The number of rotatable bonds is 1. The number of primary amides is 1. The van der Waals surface area contributed by atoms with Crippen molar-refractivity contribution in [2.75, 3.05) is 0 Å². The minimum atomic E-state index is -0.388. The lowest BCUT2D eigenvalue weighted by molar-refractivity contribution is 0.199. The number of hydrogen-bond acceptors (Lipinski definition) is 1. The monoisotopic (exact) mass is 170 g/mol. The van der Waals surface area contributed by atoms with E-state index in [1.807, 2.05) is 0 Å². The molecule has 0 aromatic rings. The van der Waals surface area contributed by atoms with Crippen LogP contribution in [0.1, 0.15) is 33.1 Å². The van der Waals surface area contributed by atoms with Crippen molar-refractivity contribution in [2.24, 2.45) is 17.6 Å². The van der Waals surface area contributed by atoms with Crippen LogP contribution in [-0.4, -0.2) is 12.1 Å². The van der Waals surface area contributed by atoms with E-state index in [0.717, 1.165) is 6.42 Å². The molecule has 0 radical (unpaired) electrons. The van der Waals surface area contributed by atoms with E-state index in [-0.39, 0.29) is 6.03 Å². The standard InChI is InChI=1S/C9H18N2O/c1-6-4-3-5-8(7(6)2)11-9(10)12/h6-8H,3-5H2,1-2H3,(H3,10,11,12)/t6-,7+,8+/m1/s1. The average molecular weight is 170 g/mol. The molecule has 1 rings (SSSR count). The third-order valence-corrected chi connectivity index (χ3v) is 3.03. The van der Waals surface area contributed by atoms with E-state index in [1.54, 1.807) is 0 Å². The Bertz CT molecular complexity index is 170. The van der Waals surface area contributed by atoms with E-state index in [0.29, 0.717) is 17.9 Å². The maximum Gasteiger partial charge on any atom is 0.312 e. The van der Waals surface area contributed by atoms with Crippen LogP contribution in [-0.2, 0) is 0 Å². The molecule has 1 saturated carbocycles. The van der Waals surface area contributed by atoms with Crippen LogP contribution in [0.15, 0.2) is 0 Å². The smallest absolute Gasteiger partial charge is 0.312 e. The van der Waals surface area contributed by atoms with Gasteiger partial charge in [0.15, 0.2) is 0 Å². The summed E-state index contributed by atoms with van der Waals surface area (Å²) in [5.41, 5.74) is 5.08. The van der Waals surface area contributed by atoms with E-state index in [2.05, 4.69) is 19.2 Å². The highest BCUT2D eigenvalue weighted by atomic mass is 16.2. The molecule has 0 spiro atoms. The minimum Gasteiger partial charge on any atom is -0.352 e. The minimum absolute atomic E-state index is 0.297. The van der Waals surface area contributed by atoms with Gasteiger partial charge in [-0.2, -0.15) is 0 Å². The molecule has 0 aromatic heterocycles. The highest BCUT2D eigenvalue weighted by molar-refractivity contribution is 5.72. The van der Waals surface area contributed by atoms with E-state index < -0.39 is 0 Å². The number of carbonyl (C=O) groups excluding carboxylic acids is 1. The number of amides is 2. The summed E-state index contributed by atoms with van der Waals surface area (Å²) in [7, 11) is 0. The first-order chi connectivity index (χ1) is 5.61. The van der Waals surface area contributed by atoms with Gasteiger partial charge < -0.3 is 11.1 Å². The van der Waals surface area contributed by atoms with Gasteiger partial charge in [-0.25, -0.2) is 4.79 Å². The van der Waals surface area contributed by atoms with Gasteiger partial charge in [0.25, 0.3) is 0 Å². The van der Waals surface area contributed by atoms with Crippen molar-refractivity contribution in [3.05, 3.63) is 0 Å². The van der Waals surface area contributed by atoms with E-state index in [4.69, 9.17) is 5.73 Å². The predicted molar refractivity (Wildman–Crippen MR) is 48.7 cm³/mol. The Labute approximate surface area is 73.7 Å². The molecule has 0 aliphatic heterocycles. The lowest BCUT2D eigenvalue weighted by Crippen LogP contribution is -2.45. The maximum absolute atomic E-state index is 10.6. The summed E-state index contributed by atoms with van der Waals surface area (Å²) in [5.74, 6) is 1.27. The van der Waals surface area contributed by atoms with Crippen LogP contribution >= 0.6 is 0 Å². The van der Waals surface area contributed by atoms with E-state index >= 15 is 0 Å². The highest BCUT2D eigenvalue weighted by Crippen LogP contribution is 2.29. The van der Waals surface area contributed by atoms with Crippen molar-refractivity contribution in [1.82, 2.24) is 5.32 Å². The number of urea groups is 1. The summed E-state index contributed by atoms with van der Waals surface area (Å²) < 4.78 is 0. The van der Waals surface area contributed by atoms with Crippen molar-refractivity contribution in [1.29, 1.82) is 0 Å². The fourth-order valence-corrected chi connectivity index (χ4v) is 1.97. The summed E-state index contributed by atoms with van der Waals surface area (Å²) in [4.78, 5) is 10.6. The summed E-state index contributed by atoms with van der Waals surface area (Å²) in [6.45, 7) is 4.42. The second-order valence-electron chi connectivity index (χ2n) is 3.88. The van der Waals surface area contributed by atoms with Crippen molar-refractivity contribution in [3.8, 4) is 0 Å². The van der Waals surface area contributed by atoms with Gasteiger partial charge in [0.05, 0.1) is 0 Å². The number of carbonyl (C=O) groups is 1. The molecule has 0 heterocycles. The Balaban J connectivity index is 2.46. The van der Waals surface area contributed by atoms with Crippen molar-refractivity contribution < 1.29 is 4.79 Å². The van der Waals surface area contributed by atoms with Crippen molar-refractivity contribution in [2.45, 2.75) is 39.2 Å². The first-order valence-corrected chi connectivity index (χ1v) is 4.67. The van der Waals surface area contributed by atoms with Crippen LogP contribution in [0.25, 0.3) is 0 Å². The van der Waals surface area contributed by atoms with Crippen LogP contribution in [0.2, 0.25) is 0 Å². The third kappa shape index (κ3) is 2.13. The topological polar surface area (TPSA) is 55.1 Å². The Morgan fingerprint density at radius 1 is 1.42 bits per heavy atom. The summed E-state index contributed by atoms with van der Waals surface area (Å²) in [6, 6.07) is -0.0906. The van der Waals surface area contributed by atoms with Gasteiger partial charge in [-0.3, -0.25) is 0 Å². The quantitative estimate of drug-likeness (QED) is 0.615. The number of nitrogens with one attached hydrogen (secondary N) is 1. The molecule has 1 fully saturated rings. The molecule has 1 aliphatic carbocycles. The van der Waals surface area contributed by atoms with Crippen molar-refractivity contribution >= 4 is 6.03 Å². The maximum atomic E-state index is 10.6. The van der Waals surface area contributed by atoms with Crippen LogP contribution in [0.5, 0.6) is 0 Å². The molecule has 1 aliphatic rings. The Kier molecular flexibility index (Phi) is 2.95. The molecule has 3 atom stereocenters. The van der Waals surface area contributed by atoms with Crippen LogP contribution in [0.3, 0.4) is 0 Å². The molecule has 0 aromatic carbocycles. The lowest BCUT2D eigenvalue weighted by atomic mass is 9.78. The number of nitrogens with two attached hydrogens (primary N) is 1. The Morgan fingerprint density at radius 2 is 2.08 bits per heavy atom. The fourth-order valence-electron chi connectivity index (χ4n) is 1.97. The average Bonchev–Trinajstić information content (AvgIpc) is 1.98. The third-order valence-electron chi connectivity index (χ3n) is 3.03. The van der Waals surface area contributed by atoms with Gasteiger partial charge in [-0.1, -0.05) is 26.7 Å². The molecule has 0 saturated heterocycles. The van der Waals surface area contributed by atoms with Crippen LogP contribution in [0.4, 0.5) is 4.79 Å². The summed E-state index contributed by atoms with van der Waals surface area (Å²) in [6.07, 6.45) is 3.56. The Morgan fingerprint density at radius 3 is 2.67 bits per heavy atom. The van der Waals surface area contributed by atoms with E-state index in [9.17, 15) is 4.79 Å². The zero-order chi connectivity index (χ0) is 9.14. The molecular weight excluding hydrogens is 152 g/mol. The zero-order valence-corrected chi connectivity index (χ0v) is 7.84. The fraction of sp³-hybridized carbons (Fsp3) is 0.889. The van der Waals surface area contributed by atoms with Crippen LogP contribution < -0.4 is 11.1 Å².